The quantitative estimate of drug-likeness (QED) is 0.323. The van der Waals surface area contributed by atoms with Crippen LogP contribution in [0.25, 0.3) is 0 Å². The largest absolute Gasteiger partial charge is 0.452 e. The van der Waals surface area contributed by atoms with Gasteiger partial charge in [-0.3, -0.25) is 9.59 Å². The minimum Gasteiger partial charge on any atom is -0.452 e. The summed E-state index contributed by atoms with van der Waals surface area (Å²) in [5.74, 6) is -1.87. The second-order valence-electron chi connectivity index (χ2n) is 5.73. The molecule has 0 N–H and O–H groups in total. The second kappa shape index (κ2) is 10.5. The molecule has 0 bridgehead atoms. The predicted octanol–water partition coefficient (Wildman–Crippen LogP) is 3.62. The van der Waals surface area contributed by atoms with Crippen LogP contribution in [0.1, 0.15) is 24.2 Å². The number of allylic oxidation sites excluding steroid dienone is 2. The third-order valence-corrected chi connectivity index (χ3v) is 4.10. The van der Waals surface area contributed by atoms with E-state index in [2.05, 4.69) is 31.9 Å². The van der Waals surface area contributed by atoms with Gasteiger partial charge in [-0.25, -0.2) is 4.79 Å². The van der Waals surface area contributed by atoms with Crippen molar-refractivity contribution < 1.29 is 33.3 Å². The molecule has 2 rings (SSSR count). The molecule has 0 radical (unpaired) electrons. The van der Waals surface area contributed by atoms with Crippen molar-refractivity contribution in [3.63, 3.8) is 0 Å². The Labute approximate surface area is 178 Å². The van der Waals surface area contributed by atoms with Crippen LogP contribution in [0.4, 0.5) is 0 Å². The maximum Gasteiger partial charge on any atom is 0.338 e. The van der Waals surface area contributed by atoms with Crippen molar-refractivity contribution in [2.75, 3.05) is 0 Å². The summed E-state index contributed by atoms with van der Waals surface area (Å²) in [6.45, 7) is 2.40. The van der Waals surface area contributed by atoms with E-state index in [0.29, 0.717) is 8.96 Å². The molecular weight excluding hydrogens is 500 g/mol. The van der Waals surface area contributed by atoms with E-state index in [9.17, 15) is 14.4 Å². The third-order valence-electron chi connectivity index (χ3n) is 3.57. The van der Waals surface area contributed by atoms with Crippen LogP contribution in [-0.4, -0.2) is 42.5 Å². The molecule has 28 heavy (non-hydrogen) atoms. The van der Waals surface area contributed by atoms with Crippen LogP contribution in [0.3, 0.4) is 0 Å². The molecule has 1 aliphatic heterocycles. The SMILES string of the molecule is CC(=O)OC1O[C@H](/C=C/C=C(Br)Br)[C@@H](OC(=O)c2ccccc2)[C@H]1OC(C)=O. The Morgan fingerprint density at radius 3 is 2.18 bits per heavy atom. The smallest absolute Gasteiger partial charge is 0.338 e. The van der Waals surface area contributed by atoms with Gasteiger partial charge in [-0.2, -0.15) is 0 Å². The van der Waals surface area contributed by atoms with E-state index in [4.69, 9.17) is 18.9 Å². The lowest BCUT2D eigenvalue weighted by Gasteiger charge is -2.22. The Bertz CT molecular complexity index is 772. The van der Waals surface area contributed by atoms with Gasteiger partial charge < -0.3 is 18.9 Å². The molecule has 1 aromatic rings. The molecule has 4 atom stereocenters. The number of rotatable bonds is 6. The van der Waals surface area contributed by atoms with Crippen molar-refractivity contribution >= 4 is 49.8 Å². The van der Waals surface area contributed by atoms with Crippen LogP contribution in [0, 0.1) is 0 Å². The molecule has 0 amide bonds. The van der Waals surface area contributed by atoms with Gasteiger partial charge in [-0.1, -0.05) is 30.4 Å². The summed E-state index contributed by atoms with van der Waals surface area (Å²) < 4.78 is 22.3. The number of carbonyl (C=O) groups is 3. The Hall–Kier alpha value is -1.97. The van der Waals surface area contributed by atoms with Crippen molar-refractivity contribution in [1.82, 2.24) is 0 Å². The van der Waals surface area contributed by atoms with Crippen molar-refractivity contribution in [3.05, 3.63) is 57.5 Å². The van der Waals surface area contributed by atoms with Gasteiger partial charge in [0, 0.05) is 13.8 Å². The fourth-order valence-corrected chi connectivity index (χ4v) is 2.82. The molecule has 0 aliphatic carbocycles. The van der Waals surface area contributed by atoms with E-state index >= 15 is 0 Å². The van der Waals surface area contributed by atoms with E-state index in [-0.39, 0.29) is 0 Å². The molecule has 0 saturated carbocycles. The molecule has 1 heterocycles. The first kappa shape index (κ1) is 22.3. The second-order valence-corrected chi connectivity index (χ2v) is 8.50. The molecule has 1 saturated heterocycles. The van der Waals surface area contributed by atoms with Crippen molar-refractivity contribution in [1.29, 1.82) is 0 Å². The zero-order valence-electron chi connectivity index (χ0n) is 15.0. The van der Waals surface area contributed by atoms with E-state index < -0.39 is 42.5 Å². The maximum absolute atomic E-state index is 12.5. The van der Waals surface area contributed by atoms with Crippen LogP contribution in [0.15, 0.2) is 52.0 Å². The molecule has 9 heteroatoms. The van der Waals surface area contributed by atoms with Crippen LogP contribution < -0.4 is 0 Å². The first-order valence-corrected chi connectivity index (χ1v) is 9.82. The highest BCUT2D eigenvalue weighted by molar-refractivity contribution is 9.28. The lowest BCUT2D eigenvalue weighted by atomic mass is 10.1. The molecular formula is C19H18Br2O7. The summed E-state index contributed by atoms with van der Waals surface area (Å²) in [6, 6.07) is 8.35. The first-order valence-electron chi connectivity index (χ1n) is 8.23. The van der Waals surface area contributed by atoms with Gasteiger partial charge in [-0.05, 0) is 50.1 Å². The number of carbonyl (C=O) groups excluding carboxylic acids is 3. The fraction of sp³-hybridized carbons (Fsp3) is 0.316. The molecule has 150 valence electrons. The number of benzene rings is 1. The predicted molar refractivity (Wildman–Crippen MR) is 107 cm³/mol. The topological polar surface area (TPSA) is 88.1 Å². The summed E-state index contributed by atoms with van der Waals surface area (Å²) in [7, 11) is 0. The maximum atomic E-state index is 12.5. The van der Waals surface area contributed by atoms with Crippen LogP contribution in [0.5, 0.6) is 0 Å². The minimum absolute atomic E-state index is 0.325. The van der Waals surface area contributed by atoms with Crippen molar-refractivity contribution in [3.8, 4) is 0 Å². The van der Waals surface area contributed by atoms with Gasteiger partial charge in [0.15, 0.2) is 6.10 Å². The van der Waals surface area contributed by atoms with E-state index in [1.165, 1.54) is 13.8 Å². The molecule has 0 spiro atoms. The lowest BCUT2D eigenvalue weighted by Crippen LogP contribution is -2.41. The zero-order valence-corrected chi connectivity index (χ0v) is 18.2. The lowest BCUT2D eigenvalue weighted by molar-refractivity contribution is -0.193. The third kappa shape index (κ3) is 6.57. The Morgan fingerprint density at radius 2 is 1.61 bits per heavy atom. The van der Waals surface area contributed by atoms with Crippen LogP contribution in [-0.2, 0) is 28.5 Å². The number of hydrogen-bond donors (Lipinski definition) is 0. The number of ether oxygens (including phenoxy) is 4. The average Bonchev–Trinajstić information content (AvgIpc) is 2.91. The zero-order chi connectivity index (χ0) is 20.7. The number of esters is 3. The Balaban J connectivity index is 2.30. The number of hydrogen-bond acceptors (Lipinski definition) is 7. The highest BCUT2D eigenvalue weighted by Gasteiger charge is 2.50. The average molecular weight is 518 g/mol. The van der Waals surface area contributed by atoms with Gasteiger partial charge in [0.25, 0.3) is 0 Å². The Morgan fingerprint density at radius 1 is 0.964 bits per heavy atom. The first-order chi connectivity index (χ1) is 13.3. The fourth-order valence-electron chi connectivity index (χ4n) is 2.52. The highest BCUT2D eigenvalue weighted by Crippen LogP contribution is 2.30. The van der Waals surface area contributed by atoms with Gasteiger partial charge >= 0.3 is 17.9 Å². The summed E-state index contributed by atoms with van der Waals surface area (Å²) in [5, 5.41) is 0. The van der Waals surface area contributed by atoms with Gasteiger partial charge in [0.2, 0.25) is 12.4 Å². The summed E-state index contributed by atoms with van der Waals surface area (Å²) in [6.07, 6.45) is 0.788. The summed E-state index contributed by atoms with van der Waals surface area (Å²) in [5.41, 5.74) is 0.325. The summed E-state index contributed by atoms with van der Waals surface area (Å²) in [4.78, 5) is 35.5. The monoisotopic (exact) mass is 516 g/mol. The van der Waals surface area contributed by atoms with E-state index in [1.54, 1.807) is 48.6 Å². The van der Waals surface area contributed by atoms with Gasteiger partial charge in [-0.15, -0.1) is 0 Å². The molecule has 7 nitrogen and oxygen atoms in total. The summed E-state index contributed by atoms with van der Waals surface area (Å²) >= 11 is 6.44. The van der Waals surface area contributed by atoms with E-state index in [0.717, 1.165) is 0 Å². The standard InChI is InChI=1S/C19H18Br2O7/c1-11(22)25-17-16(28-18(24)13-7-4-3-5-8-13)14(9-6-10-15(20)21)27-19(17)26-12(2)23/h3-10,14,16-17,19H,1-2H3/b9-6+/t14-,16-,17-,19?/m1/s1. The highest BCUT2D eigenvalue weighted by atomic mass is 79.9. The molecule has 1 aliphatic rings. The van der Waals surface area contributed by atoms with Crippen LogP contribution >= 0.6 is 31.9 Å². The minimum atomic E-state index is -1.21. The normalized spacial score (nSPS) is 23.9. The van der Waals surface area contributed by atoms with Gasteiger partial charge in [0.1, 0.15) is 6.10 Å². The molecule has 0 aromatic heterocycles. The number of halogens is 2. The van der Waals surface area contributed by atoms with Crippen molar-refractivity contribution in [2.45, 2.75) is 38.4 Å². The van der Waals surface area contributed by atoms with E-state index in [1.807, 2.05) is 0 Å². The van der Waals surface area contributed by atoms with Gasteiger partial charge in [0.05, 0.1) is 8.96 Å². The molecule has 1 unspecified atom stereocenters. The Kier molecular flexibility index (Phi) is 8.40. The van der Waals surface area contributed by atoms with Crippen LogP contribution in [0.2, 0.25) is 0 Å². The molecule has 1 aromatic carbocycles. The van der Waals surface area contributed by atoms with Crippen molar-refractivity contribution in [2.24, 2.45) is 0 Å². The molecule has 1 fully saturated rings.